The molecule has 0 radical (unpaired) electrons. The van der Waals surface area contributed by atoms with Crippen LogP contribution in [0.15, 0.2) is 18.3 Å². The Hall–Kier alpha value is -1.65. The number of carbonyl (C=O) groups is 1. The van der Waals surface area contributed by atoms with Crippen molar-refractivity contribution in [1.82, 2.24) is 10.2 Å². The molecule has 5 nitrogen and oxygen atoms in total. The van der Waals surface area contributed by atoms with Gasteiger partial charge < -0.3 is 9.64 Å². The Morgan fingerprint density at radius 2 is 2.40 bits per heavy atom. The predicted octanol–water partition coefficient (Wildman–Crippen LogP) is 0.722. The van der Waals surface area contributed by atoms with Crippen LogP contribution in [-0.4, -0.2) is 36.9 Å². The van der Waals surface area contributed by atoms with Crippen LogP contribution in [0.2, 0.25) is 0 Å². The maximum Gasteiger partial charge on any atom is 0.310 e. The Balaban J connectivity index is 2.56. The molecule has 15 heavy (non-hydrogen) atoms. The highest BCUT2D eigenvalue weighted by atomic mass is 16.5. The molecule has 0 aliphatic carbocycles. The Bertz CT molecular complexity index is 316. The zero-order valence-electron chi connectivity index (χ0n) is 9.17. The molecular weight excluding hydrogens is 194 g/mol. The molecule has 0 bridgehead atoms. The number of aromatic nitrogens is 2. The maximum absolute atomic E-state index is 11.2. The van der Waals surface area contributed by atoms with E-state index in [1.54, 1.807) is 6.20 Å². The third-order valence-corrected chi connectivity index (χ3v) is 2.10. The largest absolute Gasteiger partial charge is 0.469 e. The van der Waals surface area contributed by atoms with Crippen molar-refractivity contribution in [2.24, 2.45) is 5.92 Å². The summed E-state index contributed by atoms with van der Waals surface area (Å²) >= 11 is 0. The Kier molecular flexibility index (Phi) is 4.03. The van der Waals surface area contributed by atoms with E-state index >= 15 is 0 Å². The molecule has 5 heteroatoms. The van der Waals surface area contributed by atoms with Crippen molar-refractivity contribution >= 4 is 11.8 Å². The number of nitrogens with zero attached hydrogens (tertiary/aromatic N) is 3. The van der Waals surface area contributed by atoms with Crippen LogP contribution in [0.5, 0.6) is 0 Å². The number of carbonyl (C=O) groups excluding carboxylic acids is 1. The Labute approximate surface area is 89.1 Å². The van der Waals surface area contributed by atoms with Crippen LogP contribution >= 0.6 is 0 Å². The van der Waals surface area contributed by atoms with Crippen LogP contribution in [0.3, 0.4) is 0 Å². The van der Waals surface area contributed by atoms with Crippen LogP contribution < -0.4 is 4.90 Å². The third-order valence-electron chi connectivity index (χ3n) is 2.10. The van der Waals surface area contributed by atoms with Crippen molar-refractivity contribution in [2.75, 3.05) is 25.6 Å². The molecule has 1 aromatic rings. The first kappa shape index (κ1) is 11.4. The smallest absolute Gasteiger partial charge is 0.310 e. The van der Waals surface area contributed by atoms with Crippen LogP contribution in [0.4, 0.5) is 5.82 Å². The molecule has 0 saturated heterocycles. The van der Waals surface area contributed by atoms with Crippen molar-refractivity contribution in [3.63, 3.8) is 0 Å². The minimum absolute atomic E-state index is 0.179. The summed E-state index contributed by atoms with van der Waals surface area (Å²) in [6, 6.07) is 3.65. The van der Waals surface area contributed by atoms with E-state index in [4.69, 9.17) is 0 Å². The molecule has 0 spiro atoms. The van der Waals surface area contributed by atoms with E-state index in [9.17, 15) is 4.79 Å². The van der Waals surface area contributed by atoms with E-state index in [-0.39, 0.29) is 11.9 Å². The normalized spacial score (nSPS) is 11.9. The minimum Gasteiger partial charge on any atom is -0.469 e. The fourth-order valence-electron chi connectivity index (χ4n) is 1.28. The number of esters is 1. The van der Waals surface area contributed by atoms with E-state index in [2.05, 4.69) is 14.9 Å². The zero-order valence-corrected chi connectivity index (χ0v) is 9.17. The van der Waals surface area contributed by atoms with Gasteiger partial charge in [0.2, 0.25) is 0 Å². The first-order chi connectivity index (χ1) is 7.15. The molecule has 0 aliphatic heterocycles. The van der Waals surface area contributed by atoms with Crippen LogP contribution in [0, 0.1) is 5.92 Å². The van der Waals surface area contributed by atoms with Gasteiger partial charge in [0.05, 0.1) is 13.0 Å². The Morgan fingerprint density at radius 3 is 2.93 bits per heavy atom. The zero-order chi connectivity index (χ0) is 11.3. The lowest BCUT2D eigenvalue weighted by Gasteiger charge is -2.20. The van der Waals surface area contributed by atoms with Crippen molar-refractivity contribution in [2.45, 2.75) is 6.92 Å². The molecule has 0 aliphatic rings. The summed E-state index contributed by atoms with van der Waals surface area (Å²) in [7, 11) is 3.25. The summed E-state index contributed by atoms with van der Waals surface area (Å²) in [4.78, 5) is 13.1. The molecule has 0 amide bonds. The number of ether oxygens (including phenoxy) is 1. The standard InChI is InChI=1S/C10H15N3O2/c1-8(10(14)15-3)7-13(2)9-5-4-6-11-12-9/h4-6,8H,7H2,1-3H3. The van der Waals surface area contributed by atoms with Crippen molar-refractivity contribution in [3.8, 4) is 0 Å². The molecule has 0 aromatic carbocycles. The van der Waals surface area contributed by atoms with E-state index in [1.165, 1.54) is 7.11 Å². The van der Waals surface area contributed by atoms with Gasteiger partial charge in [0.1, 0.15) is 0 Å². The molecule has 1 aromatic heterocycles. The second kappa shape index (κ2) is 5.29. The SMILES string of the molecule is COC(=O)C(C)CN(C)c1cccnn1. The highest BCUT2D eigenvalue weighted by Crippen LogP contribution is 2.09. The van der Waals surface area contributed by atoms with E-state index < -0.39 is 0 Å². The summed E-state index contributed by atoms with van der Waals surface area (Å²) in [5.74, 6) is 0.348. The molecule has 1 atom stereocenters. The van der Waals surface area contributed by atoms with Crippen LogP contribution in [0.25, 0.3) is 0 Å². The summed E-state index contributed by atoms with van der Waals surface area (Å²) in [5.41, 5.74) is 0. The van der Waals surface area contributed by atoms with Gasteiger partial charge in [-0.1, -0.05) is 6.92 Å². The van der Waals surface area contributed by atoms with Gasteiger partial charge in [0.15, 0.2) is 5.82 Å². The fraction of sp³-hybridized carbons (Fsp3) is 0.500. The molecule has 1 heterocycles. The van der Waals surface area contributed by atoms with E-state index in [0.29, 0.717) is 6.54 Å². The maximum atomic E-state index is 11.2. The minimum atomic E-state index is -0.217. The predicted molar refractivity (Wildman–Crippen MR) is 56.5 cm³/mol. The van der Waals surface area contributed by atoms with Crippen molar-refractivity contribution in [1.29, 1.82) is 0 Å². The molecule has 0 N–H and O–H groups in total. The quantitative estimate of drug-likeness (QED) is 0.684. The highest BCUT2D eigenvalue weighted by Gasteiger charge is 2.16. The summed E-state index contributed by atoms with van der Waals surface area (Å²) in [5, 5.41) is 7.71. The second-order valence-electron chi connectivity index (χ2n) is 3.39. The number of methoxy groups -OCH3 is 1. The lowest BCUT2D eigenvalue weighted by Crippen LogP contribution is -2.29. The van der Waals surface area contributed by atoms with Crippen LogP contribution in [0.1, 0.15) is 6.92 Å². The summed E-state index contributed by atoms with van der Waals surface area (Å²) in [6.45, 7) is 2.38. The third kappa shape index (κ3) is 3.19. The molecular formula is C10H15N3O2. The van der Waals surface area contributed by atoms with Gasteiger partial charge in [-0.3, -0.25) is 4.79 Å². The summed E-state index contributed by atoms with van der Waals surface area (Å²) < 4.78 is 4.65. The highest BCUT2D eigenvalue weighted by molar-refractivity contribution is 5.72. The van der Waals surface area contributed by atoms with Gasteiger partial charge in [-0.2, -0.15) is 5.10 Å². The molecule has 82 valence electrons. The first-order valence-corrected chi connectivity index (χ1v) is 4.71. The fourth-order valence-corrected chi connectivity index (χ4v) is 1.28. The van der Waals surface area contributed by atoms with Gasteiger partial charge in [-0.25, -0.2) is 0 Å². The van der Waals surface area contributed by atoms with Crippen LogP contribution in [-0.2, 0) is 9.53 Å². The molecule has 0 saturated carbocycles. The summed E-state index contributed by atoms with van der Waals surface area (Å²) in [6.07, 6.45) is 1.61. The number of hydrogen-bond acceptors (Lipinski definition) is 5. The second-order valence-corrected chi connectivity index (χ2v) is 3.39. The first-order valence-electron chi connectivity index (χ1n) is 4.71. The van der Waals surface area contributed by atoms with E-state index in [0.717, 1.165) is 5.82 Å². The van der Waals surface area contributed by atoms with Gasteiger partial charge in [-0.15, -0.1) is 5.10 Å². The molecule has 1 rings (SSSR count). The Morgan fingerprint density at radius 1 is 1.67 bits per heavy atom. The number of rotatable bonds is 4. The van der Waals surface area contributed by atoms with Gasteiger partial charge >= 0.3 is 5.97 Å². The molecule has 1 unspecified atom stereocenters. The molecule has 0 fully saturated rings. The number of anilines is 1. The topological polar surface area (TPSA) is 55.3 Å². The average Bonchev–Trinajstić information content (AvgIpc) is 2.29. The lowest BCUT2D eigenvalue weighted by atomic mass is 10.2. The van der Waals surface area contributed by atoms with Crippen molar-refractivity contribution < 1.29 is 9.53 Å². The number of hydrogen-bond donors (Lipinski definition) is 0. The van der Waals surface area contributed by atoms with Gasteiger partial charge in [0.25, 0.3) is 0 Å². The van der Waals surface area contributed by atoms with Gasteiger partial charge in [-0.05, 0) is 12.1 Å². The lowest BCUT2D eigenvalue weighted by molar-refractivity contribution is -0.144. The average molecular weight is 209 g/mol. The van der Waals surface area contributed by atoms with E-state index in [1.807, 2.05) is 31.0 Å². The van der Waals surface area contributed by atoms with Crippen molar-refractivity contribution in [3.05, 3.63) is 18.3 Å². The van der Waals surface area contributed by atoms with Gasteiger partial charge in [0, 0.05) is 19.8 Å². The monoisotopic (exact) mass is 209 g/mol.